The monoisotopic (exact) mass is 226 g/mol. The largest absolute Gasteiger partial charge is 0.484 e. The van der Waals surface area contributed by atoms with Gasteiger partial charge in [0.15, 0.2) is 6.61 Å². The first kappa shape index (κ1) is 12.4. The number of rotatable bonds is 5. The van der Waals surface area contributed by atoms with E-state index in [1.807, 2.05) is 0 Å². The highest BCUT2D eigenvalue weighted by molar-refractivity contribution is 5.77. The van der Waals surface area contributed by atoms with Gasteiger partial charge in [-0.15, -0.1) is 0 Å². The van der Waals surface area contributed by atoms with Gasteiger partial charge in [-0.25, -0.2) is 4.39 Å². The first-order valence-electron chi connectivity index (χ1n) is 4.98. The molecular weight excluding hydrogens is 211 g/mol. The van der Waals surface area contributed by atoms with E-state index < -0.39 is 0 Å². The Morgan fingerprint density at radius 2 is 2.12 bits per heavy atom. The Kier molecular flexibility index (Phi) is 4.72. The second kappa shape index (κ2) is 6.07. The second-order valence-corrected chi connectivity index (χ2v) is 3.52. The topological polar surface area (TPSA) is 64.3 Å². The van der Waals surface area contributed by atoms with E-state index >= 15 is 0 Å². The van der Waals surface area contributed by atoms with Crippen LogP contribution in [0.25, 0.3) is 0 Å². The van der Waals surface area contributed by atoms with Crippen molar-refractivity contribution in [2.75, 3.05) is 13.2 Å². The predicted molar refractivity (Wildman–Crippen MR) is 58.6 cm³/mol. The van der Waals surface area contributed by atoms with E-state index in [0.717, 1.165) is 0 Å². The van der Waals surface area contributed by atoms with Crippen LogP contribution in [0.4, 0.5) is 4.39 Å². The van der Waals surface area contributed by atoms with Crippen molar-refractivity contribution in [3.63, 3.8) is 0 Å². The van der Waals surface area contributed by atoms with Gasteiger partial charge in [-0.3, -0.25) is 4.79 Å². The Bertz CT molecular complexity index is 338. The lowest BCUT2D eigenvalue weighted by Crippen LogP contribution is -2.37. The second-order valence-electron chi connectivity index (χ2n) is 3.52. The Morgan fingerprint density at radius 1 is 1.50 bits per heavy atom. The molecule has 88 valence electrons. The van der Waals surface area contributed by atoms with E-state index in [1.165, 1.54) is 24.3 Å². The van der Waals surface area contributed by atoms with Crippen molar-refractivity contribution >= 4 is 5.91 Å². The van der Waals surface area contributed by atoms with Crippen LogP contribution < -0.4 is 15.8 Å². The summed E-state index contributed by atoms with van der Waals surface area (Å²) < 4.78 is 17.7. The molecule has 1 aromatic rings. The number of nitrogens with two attached hydrogens (primary N) is 1. The standard InChI is InChI=1S/C11H15FN2O2/c1-8(13)6-14-11(15)7-16-10-4-2-9(12)3-5-10/h2-5,8H,6-7,13H2,1H3,(H,14,15). The molecule has 1 aromatic carbocycles. The fourth-order valence-electron chi connectivity index (χ4n) is 1.01. The SMILES string of the molecule is CC(N)CNC(=O)COc1ccc(F)cc1. The molecule has 0 heterocycles. The van der Waals surface area contributed by atoms with Gasteiger partial charge in [0, 0.05) is 12.6 Å². The van der Waals surface area contributed by atoms with Gasteiger partial charge >= 0.3 is 0 Å². The van der Waals surface area contributed by atoms with E-state index in [1.54, 1.807) is 6.92 Å². The van der Waals surface area contributed by atoms with Crippen molar-refractivity contribution in [2.24, 2.45) is 5.73 Å². The van der Waals surface area contributed by atoms with Crippen LogP contribution in [0.1, 0.15) is 6.92 Å². The summed E-state index contributed by atoms with van der Waals surface area (Å²) in [7, 11) is 0. The quantitative estimate of drug-likeness (QED) is 0.775. The van der Waals surface area contributed by atoms with E-state index in [0.29, 0.717) is 12.3 Å². The fourth-order valence-corrected chi connectivity index (χ4v) is 1.01. The molecule has 0 aliphatic rings. The van der Waals surface area contributed by atoms with Gasteiger partial charge in [0.1, 0.15) is 11.6 Å². The van der Waals surface area contributed by atoms with Gasteiger partial charge in [-0.2, -0.15) is 0 Å². The Labute approximate surface area is 93.6 Å². The molecule has 4 nitrogen and oxygen atoms in total. The summed E-state index contributed by atoms with van der Waals surface area (Å²) >= 11 is 0. The number of benzene rings is 1. The third-order valence-electron chi connectivity index (χ3n) is 1.80. The zero-order chi connectivity index (χ0) is 12.0. The zero-order valence-corrected chi connectivity index (χ0v) is 9.07. The number of halogens is 1. The number of amides is 1. The highest BCUT2D eigenvalue weighted by atomic mass is 19.1. The normalized spacial score (nSPS) is 11.9. The number of hydrogen-bond acceptors (Lipinski definition) is 3. The van der Waals surface area contributed by atoms with Crippen LogP contribution >= 0.6 is 0 Å². The van der Waals surface area contributed by atoms with E-state index in [9.17, 15) is 9.18 Å². The van der Waals surface area contributed by atoms with E-state index in [2.05, 4.69) is 5.32 Å². The zero-order valence-electron chi connectivity index (χ0n) is 9.07. The molecule has 0 radical (unpaired) electrons. The molecule has 0 aromatic heterocycles. The highest BCUT2D eigenvalue weighted by Crippen LogP contribution is 2.10. The molecule has 0 spiro atoms. The summed E-state index contributed by atoms with van der Waals surface area (Å²) in [6.45, 7) is 2.10. The molecule has 0 bridgehead atoms. The molecule has 1 unspecified atom stereocenters. The van der Waals surface area contributed by atoms with Gasteiger partial charge in [-0.05, 0) is 31.2 Å². The lowest BCUT2D eigenvalue weighted by Gasteiger charge is -2.08. The fraction of sp³-hybridized carbons (Fsp3) is 0.364. The molecule has 0 aliphatic heterocycles. The molecule has 1 amide bonds. The first-order valence-corrected chi connectivity index (χ1v) is 4.98. The summed E-state index contributed by atoms with van der Waals surface area (Å²) in [4.78, 5) is 11.2. The van der Waals surface area contributed by atoms with Gasteiger partial charge < -0.3 is 15.8 Å². The van der Waals surface area contributed by atoms with Gasteiger partial charge in [0.25, 0.3) is 5.91 Å². The number of hydrogen-bond donors (Lipinski definition) is 2. The number of carbonyl (C=O) groups is 1. The van der Waals surface area contributed by atoms with Crippen LogP contribution in [0.15, 0.2) is 24.3 Å². The molecule has 0 saturated carbocycles. The predicted octanol–water partition coefficient (Wildman–Crippen LogP) is 0.668. The molecule has 5 heteroatoms. The summed E-state index contributed by atoms with van der Waals surface area (Å²) in [6, 6.07) is 5.39. The van der Waals surface area contributed by atoms with Crippen molar-refractivity contribution < 1.29 is 13.9 Å². The number of carbonyl (C=O) groups excluding carboxylic acids is 1. The Balaban J connectivity index is 2.29. The summed E-state index contributed by atoms with van der Waals surface area (Å²) in [6.07, 6.45) is 0. The van der Waals surface area contributed by atoms with Crippen LogP contribution in [0.3, 0.4) is 0 Å². The lowest BCUT2D eigenvalue weighted by atomic mass is 10.3. The van der Waals surface area contributed by atoms with Crippen molar-refractivity contribution in [1.82, 2.24) is 5.32 Å². The van der Waals surface area contributed by atoms with Crippen molar-refractivity contribution in [3.05, 3.63) is 30.1 Å². The average Bonchev–Trinajstić information content (AvgIpc) is 2.25. The van der Waals surface area contributed by atoms with Crippen molar-refractivity contribution in [1.29, 1.82) is 0 Å². The van der Waals surface area contributed by atoms with Crippen molar-refractivity contribution in [2.45, 2.75) is 13.0 Å². The molecule has 1 atom stereocenters. The first-order chi connectivity index (χ1) is 7.58. The molecule has 3 N–H and O–H groups in total. The van der Waals surface area contributed by atoms with Crippen LogP contribution in [-0.2, 0) is 4.79 Å². The summed E-state index contributed by atoms with van der Waals surface area (Å²) in [5.41, 5.74) is 5.47. The van der Waals surface area contributed by atoms with E-state index in [4.69, 9.17) is 10.5 Å². The third kappa shape index (κ3) is 4.75. The van der Waals surface area contributed by atoms with Crippen LogP contribution in [0.2, 0.25) is 0 Å². The minimum absolute atomic E-state index is 0.0882. The summed E-state index contributed by atoms with van der Waals surface area (Å²) in [5.74, 6) is -0.132. The molecule has 16 heavy (non-hydrogen) atoms. The maximum atomic E-state index is 12.5. The Morgan fingerprint density at radius 3 is 2.69 bits per heavy atom. The molecule has 0 saturated heterocycles. The van der Waals surface area contributed by atoms with Gasteiger partial charge in [-0.1, -0.05) is 0 Å². The van der Waals surface area contributed by atoms with Gasteiger partial charge in [0.2, 0.25) is 0 Å². The molecule has 1 rings (SSSR count). The minimum Gasteiger partial charge on any atom is -0.484 e. The maximum absolute atomic E-state index is 12.5. The molecular formula is C11H15FN2O2. The number of ether oxygens (including phenoxy) is 1. The third-order valence-corrected chi connectivity index (χ3v) is 1.80. The maximum Gasteiger partial charge on any atom is 0.257 e. The summed E-state index contributed by atoms with van der Waals surface area (Å²) in [5, 5.41) is 2.60. The van der Waals surface area contributed by atoms with Crippen LogP contribution in [0, 0.1) is 5.82 Å². The van der Waals surface area contributed by atoms with Crippen LogP contribution in [0.5, 0.6) is 5.75 Å². The number of nitrogens with one attached hydrogen (secondary N) is 1. The average molecular weight is 226 g/mol. The highest BCUT2D eigenvalue weighted by Gasteiger charge is 2.03. The molecule has 0 aliphatic carbocycles. The Hall–Kier alpha value is -1.62. The molecule has 0 fully saturated rings. The van der Waals surface area contributed by atoms with E-state index in [-0.39, 0.29) is 24.4 Å². The van der Waals surface area contributed by atoms with Crippen molar-refractivity contribution in [3.8, 4) is 5.75 Å². The minimum atomic E-state index is -0.339. The van der Waals surface area contributed by atoms with Crippen LogP contribution in [-0.4, -0.2) is 25.1 Å². The lowest BCUT2D eigenvalue weighted by molar-refractivity contribution is -0.123. The van der Waals surface area contributed by atoms with Gasteiger partial charge in [0.05, 0.1) is 0 Å². The smallest absolute Gasteiger partial charge is 0.257 e.